The molecule has 0 aromatic heterocycles. The third kappa shape index (κ3) is 0.663. The minimum absolute atomic E-state index is 0.173. The molecule has 0 spiro atoms. The summed E-state index contributed by atoms with van der Waals surface area (Å²) in [5.74, 6) is 1.55. The Labute approximate surface area is 62.4 Å². The van der Waals surface area contributed by atoms with E-state index in [0.717, 1.165) is 11.8 Å². The lowest BCUT2D eigenvalue weighted by Crippen LogP contribution is -2.69. The highest BCUT2D eigenvalue weighted by Crippen LogP contribution is 2.46. The van der Waals surface area contributed by atoms with Gasteiger partial charge in [0.2, 0.25) is 0 Å². The van der Waals surface area contributed by atoms with Crippen LogP contribution in [0.1, 0.15) is 13.3 Å². The molecule has 0 aromatic carbocycles. The predicted octanol–water partition coefficient (Wildman–Crippen LogP) is 0.285. The van der Waals surface area contributed by atoms with Gasteiger partial charge < -0.3 is 10.6 Å². The number of piperidine rings is 2. The van der Waals surface area contributed by atoms with Crippen molar-refractivity contribution in [3.63, 3.8) is 0 Å². The van der Waals surface area contributed by atoms with E-state index in [1.807, 2.05) is 0 Å². The largest absolute Gasteiger partial charge is 0.325 e. The first-order valence-electron chi connectivity index (χ1n) is 4.08. The van der Waals surface area contributed by atoms with Gasteiger partial charge in [-0.15, -0.1) is 0 Å². The summed E-state index contributed by atoms with van der Waals surface area (Å²) in [5.41, 5.74) is 6.28. The van der Waals surface area contributed by atoms with Crippen LogP contribution in [0.2, 0.25) is 0 Å². The van der Waals surface area contributed by atoms with E-state index in [2.05, 4.69) is 18.9 Å². The molecule has 0 aromatic rings. The van der Waals surface area contributed by atoms with Crippen LogP contribution in [0.4, 0.5) is 0 Å². The topological polar surface area (TPSA) is 29.3 Å². The molecule has 2 aliphatic heterocycles. The van der Waals surface area contributed by atoms with Crippen molar-refractivity contribution >= 4 is 0 Å². The molecule has 2 saturated heterocycles. The lowest BCUT2D eigenvalue weighted by molar-refractivity contribution is -0.0451. The van der Waals surface area contributed by atoms with Crippen molar-refractivity contribution in [2.75, 3.05) is 20.1 Å². The zero-order chi connectivity index (χ0) is 7.35. The van der Waals surface area contributed by atoms with Gasteiger partial charge in [-0.25, -0.2) is 0 Å². The number of fused-ring (bicyclic) bond motifs is 2. The van der Waals surface area contributed by atoms with E-state index in [0.29, 0.717) is 0 Å². The van der Waals surface area contributed by atoms with E-state index >= 15 is 0 Å². The van der Waals surface area contributed by atoms with Crippen molar-refractivity contribution in [2.45, 2.75) is 18.9 Å². The molecule has 0 radical (unpaired) electrons. The summed E-state index contributed by atoms with van der Waals surface area (Å²) < 4.78 is 0. The highest BCUT2D eigenvalue weighted by atomic mass is 15.1. The number of nitrogens with zero attached hydrogens (tertiary/aromatic N) is 1. The Bertz CT molecular complexity index is 139. The van der Waals surface area contributed by atoms with E-state index in [1.54, 1.807) is 0 Å². The van der Waals surface area contributed by atoms with Gasteiger partial charge >= 0.3 is 0 Å². The van der Waals surface area contributed by atoms with E-state index in [9.17, 15) is 0 Å². The van der Waals surface area contributed by atoms with Gasteiger partial charge in [0.15, 0.2) is 0 Å². The molecule has 0 amide bonds. The summed E-state index contributed by atoms with van der Waals surface area (Å²) in [6.45, 7) is 4.63. The van der Waals surface area contributed by atoms with Gasteiger partial charge in [0.05, 0.1) is 0 Å². The summed E-state index contributed by atoms with van der Waals surface area (Å²) >= 11 is 0. The van der Waals surface area contributed by atoms with Crippen LogP contribution in [0.5, 0.6) is 0 Å². The first kappa shape index (κ1) is 6.62. The van der Waals surface area contributed by atoms with Crippen molar-refractivity contribution in [3.05, 3.63) is 0 Å². The molecule has 2 nitrogen and oxygen atoms in total. The normalized spacial score (nSPS) is 54.3. The summed E-state index contributed by atoms with van der Waals surface area (Å²) in [4.78, 5) is 2.40. The number of hydrogen-bond acceptors (Lipinski definition) is 2. The van der Waals surface area contributed by atoms with Crippen LogP contribution in [0.25, 0.3) is 0 Å². The number of rotatable bonds is 0. The second-order valence-corrected chi connectivity index (χ2v) is 4.22. The van der Waals surface area contributed by atoms with Gasteiger partial charge in [-0.05, 0) is 32.2 Å². The van der Waals surface area contributed by atoms with Gasteiger partial charge in [-0.2, -0.15) is 0 Å². The monoisotopic (exact) mass is 140 g/mol. The Hall–Kier alpha value is -0.0800. The molecular weight excluding hydrogens is 124 g/mol. The second-order valence-electron chi connectivity index (χ2n) is 4.22. The fourth-order valence-electron chi connectivity index (χ4n) is 2.39. The molecule has 3 rings (SSSR count). The molecular formula is C8H16N2. The summed E-state index contributed by atoms with van der Waals surface area (Å²) in [6, 6.07) is 0. The van der Waals surface area contributed by atoms with Gasteiger partial charge in [0.1, 0.15) is 0 Å². The van der Waals surface area contributed by atoms with Gasteiger partial charge in [0.25, 0.3) is 0 Å². The van der Waals surface area contributed by atoms with E-state index in [-0.39, 0.29) is 5.54 Å². The minimum Gasteiger partial charge on any atom is -0.325 e. The molecule has 2 atom stereocenters. The Morgan fingerprint density at radius 1 is 1.40 bits per heavy atom. The summed E-state index contributed by atoms with van der Waals surface area (Å²) in [5, 5.41) is 0. The summed E-state index contributed by atoms with van der Waals surface area (Å²) in [7, 11) is 2.19. The summed E-state index contributed by atoms with van der Waals surface area (Å²) in [6.07, 6.45) is 1.37. The van der Waals surface area contributed by atoms with Crippen molar-refractivity contribution in [3.8, 4) is 0 Å². The zero-order valence-corrected chi connectivity index (χ0v) is 6.80. The third-order valence-corrected chi connectivity index (χ3v) is 3.39. The maximum atomic E-state index is 6.11. The molecule has 2 bridgehead atoms. The van der Waals surface area contributed by atoms with Crippen LogP contribution in [0.15, 0.2) is 0 Å². The zero-order valence-electron chi connectivity index (χ0n) is 6.80. The molecule has 1 aliphatic carbocycles. The third-order valence-electron chi connectivity index (χ3n) is 3.39. The van der Waals surface area contributed by atoms with E-state index in [1.165, 1.54) is 19.5 Å². The first-order valence-corrected chi connectivity index (χ1v) is 4.08. The van der Waals surface area contributed by atoms with Crippen molar-refractivity contribution in [2.24, 2.45) is 17.6 Å². The minimum atomic E-state index is 0.173. The molecule has 3 fully saturated rings. The smallest absolute Gasteiger partial charge is 0.0207 e. The van der Waals surface area contributed by atoms with Gasteiger partial charge in [-0.3, -0.25) is 0 Å². The van der Waals surface area contributed by atoms with E-state index < -0.39 is 0 Å². The standard InChI is InChI=1S/C8H16N2/c1-8(9)6-3-7(8)5-10(2)4-6/h6-7H,3-5,9H2,1-2H3. The Kier molecular flexibility index (Phi) is 1.15. The Balaban J connectivity index is 2.10. The van der Waals surface area contributed by atoms with Gasteiger partial charge in [-0.1, -0.05) is 0 Å². The molecule has 2 heteroatoms. The van der Waals surface area contributed by atoms with Crippen LogP contribution in [-0.2, 0) is 0 Å². The highest BCUT2D eigenvalue weighted by Gasteiger charge is 2.52. The SMILES string of the molecule is CN1CC2CC(C1)C2(C)N. The Morgan fingerprint density at radius 3 is 2.20 bits per heavy atom. The molecule has 1 saturated carbocycles. The maximum absolute atomic E-state index is 6.11. The molecule has 2 heterocycles. The van der Waals surface area contributed by atoms with Crippen molar-refractivity contribution in [1.82, 2.24) is 4.90 Å². The molecule has 10 heavy (non-hydrogen) atoms. The van der Waals surface area contributed by atoms with Crippen LogP contribution in [0, 0.1) is 11.8 Å². The van der Waals surface area contributed by atoms with Crippen molar-refractivity contribution in [1.29, 1.82) is 0 Å². The second kappa shape index (κ2) is 1.74. The lowest BCUT2D eigenvalue weighted by Gasteiger charge is -2.58. The van der Waals surface area contributed by atoms with Crippen LogP contribution < -0.4 is 5.73 Å². The van der Waals surface area contributed by atoms with Crippen LogP contribution in [0.3, 0.4) is 0 Å². The predicted molar refractivity (Wildman–Crippen MR) is 41.7 cm³/mol. The number of hydrogen-bond donors (Lipinski definition) is 1. The average Bonchev–Trinajstić information content (AvgIpc) is 1.87. The lowest BCUT2D eigenvalue weighted by atomic mass is 9.57. The van der Waals surface area contributed by atoms with Crippen LogP contribution >= 0.6 is 0 Å². The van der Waals surface area contributed by atoms with Gasteiger partial charge in [0, 0.05) is 18.6 Å². The first-order chi connectivity index (χ1) is 4.60. The Morgan fingerprint density at radius 2 is 1.90 bits per heavy atom. The fourth-order valence-corrected chi connectivity index (χ4v) is 2.39. The molecule has 2 N–H and O–H groups in total. The quantitative estimate of drug-likeness (QED) is 0.524. The fraction of sp³-hybridized carbons (Fsp3) is 1.00. The molecule has 2 unspecified atom stereocenters. The highest BCUT2D eigenvalue weighted by molar-refractivity contribution is 5.08. The van der Waals surface area contributed by atoms with Crippen molar-refractivity contribution < 1.29 is 0 Å². The average molecular weight is 140 g/mol. The number of nitrogens with two attached hydrogens (primary N) is 1. The maximum Gasteiger partial charge on any atom is 0.0207 e. The van der Waals surface area contributed by atoms with E-state index in [4.69, 9.17) is 5.73 Å². The molecule has 3 aliphatic rings. The van der Waals surface area contributed by atoms with Crippen LogP contribution in [-0.4, -0.2) is 30.6 Å². The molecule has 58 valence electrons.